The summed E-state index contributed by atoms with van der Waals surface area (Å²) in [4.78, 5) is 12.5. The summed E-state index contributed by atoms with van der Waals surface area (Å²) in [7, 11) is 3.13. The van der Waals surface area contributed by atoms with Crippen LogP contribution in [0, 0.1) is 13.8 Å². The highest BCUT2D eigenvalue weighted by atomic mass is 16.5. The molecule has 0 unspecified atom stereocenters. The standard InChI is InChI=1S/C20H20N2O4/c1-12-6-5-7-13(2)19(12)21-20(23)15-11-17(26-22-15)14-8-9-16(24-3)18(10-14)25-4/h5-11H,1-4H3,(H,21,23). The normalized spacial score (nSPS) is 10.5. The molecule has 1 N–H and O–H groups in total. The van der Waals surface area contributed by atoms with Gasteiger partial charge in [-0.1, -0.05) is 23.4 Å². The van der Waals surface area contributed by atoms with Gasteiger partial charge >= 0.3 is 0 Å². The predicted octanol–water partition coefficient (Wildman–Crippen LogP) is 4.23. The molecule has 0 saturated carbocycles. The third-order valence-electron chi connectivity index (χ3n) is 4.13. The first-order chi connectivity index (χ1) is 12.5. The van der Waals surface area contributed by atoms with E-state index in [0.717, 1.165) is 22.4 Å². The fraction of sp³-hybridized carbons (Fsp3) is 0.200. The van der Waals surface area contributed by atoms with Gasteiger partial charge < -0.3 is 19.3 Å². The highest BCUT2D eigenvalue weighted by molar-refractivity contribution is 6.04. The van der Waals surface area contributed by atoms with Crippen LogP contribution in [0.1, 0.15) is 21.6 Å². The Labute approximate surface area is 151 Å². The predicted molar refractivity (Wildman–Crippen MR) is 98.9 cm³/mol. The first kappa shape index (κ1) is 17.5. The highest BCUT2D eigenvalue weighted by Crippen LogP contribution is 2.32. The Kier molecular flexibility index (Phi) is 4.93. The van der Waals surface area contributed by atoms with Crippen molar-refractivity contribution in [3.8, 4) is 22.8 Å². The average molecular weight is 352 g/mol. The quantitative estimate of drug-likeness (QED) is 0.744. The zero-order valence-electron chi connectivity index (χ0n) is 15.1. The van der Waals surface area contributed by atoms with Gasteiger partial charge in [0.1, 0.15) is 0 Å². The van der Waals surface area contributed by atoms with Crippen LogP contribution in [0.15, 0.2) is 47.0 Å². The lowest BCUT2D eigenvalue weighted by Crippen LogP contribution is -2.14. The van der Waals surface area contributed by atoms with E-state index in [0.29, 0.717) is 17.3 Å². The van der Waals surface area contributed by atoms with E-state index in [1.54, 1.807) is 32.4 Å². The fourth-order valence-corrected chi connectivity index (χ4v) is 2.70. The Hall–Kier alpha value is -3.28. The second-order valence-electron chi connectivity index (χ2n) is 5.87. The number of para-hydroxylation sites is 1. The lowest BCUT2D eigenvalue weighted by Gasteiger charge is -2.09. The van der Waals surface area contributed by atoms with Crippen LogP contribution in [0.4, 0.5) is 5.69 Å². The molecule has 1 heterocycles. The molecule has 0 atom stereocenters. The summed E-state index contributed by atoms with van der Waals surface area (Å²) in [5, 5.41) is 6.78. The van der Waals surface area contributed by atoms with Crippen LogP contribution in [0.3, 0.4) is 0 Å². The number of anilines is 1. The lowest BCUT2D eigenvalue weighted by atomic mass is 10.1. The van der Waals surface area contributed by atoms with Gasteiger partial charge in [0.05, 0.1) is 14.2 Å². The van der Waals surface area contributed by atoms with E-state index < -0.39 is 0 Å². The van der Waals surface area contributed by atoms with E-state index in [9.17, 15) is 4.79 Å². The minimum Gasteiger partial charge on any atom is -0.493 e. The molecule has 1 amide bonds. The first-order valence-electron chi connectivity index (χ1n) is 8.10. The highest BCUT2D eigenvalue weighted by Gasteiger charge is 2.16. The molecule has 134 valence electrons. The largest absolute Gasteiger partial charge is 0.493 e. The van der Waals surface area contributed by atoms with Crippen LogP contribution in [0.2, 0.25) is 0 Å². The van der Waals surface area contributed by atoms with Crippen LogP contribution in [-0.4, -0.2) is 25.3 Å². The van der Waals surface area contributed by atoms with E-state index in [1.807, 2.05) is 38.1 Å². The number of rotatable bonds is 5. The van der Waals surface area contributed by atoms with E-state index in [2.05, 4.69) is 10.5 Å². The van der Waals surface area contributed by atoms with Gasteiger partial charge in [-0.05, 0) is 43.2 Å². The Morgan fingerprint density at radius 2 is 1.69 bits per heavy atom. The zero-order valence-corrected chi connectivity index (χ0v) is 15.1. The van der Waals surface area contributed by atoms with Crippen molar-refractivity contribution in [1.82, 2.24) is 5.16 Å². The minimum absolute atomic E-state index is 0.206. The summed E-state index contributed by atoms with van der Waals surface area (Å²) < 4.78 is 15.9. The van der Waals surface area contributed by atoms with Crippen molar-refractivity contribution in [2.75, 3.05) is 19.5 Å². The molecule has 3 rings (SSSR count). The molecule has 1 aromatic heterocycles. The number of methoxy groups -OCH3 is 2. The Balaban J connectivity index is 1.85. The van der Waals surface area contributed by atoms with Crippen molar-refractivity contribution in [2.45, 2.75) is 13.8 Å². The maximum Gasteiger partial charge on any atom is 0.277 e. The van der Waals surface area contributed by atoms with Gasteiger partial charge in [-0.2, -0.15) is 0 Å². The van der Waals surface area contributed by atoms with Gasteiger partial charge in [-0.25, -0.2) is 0 Å². The summed E-state index contributed by atoms with van der Waals surface area (Å²) in [6.45, 7) is 3.89. The molecule has 0 aliphatic heterocycles. The van der Waals surface area contributed by atoms with Gasteiger partial charge in [-0.15, -0.1) is 0 Å². The monoisotopic (exact) mass is 352 g/mol. The van der Waals surface area contributed by atoms with Crippen molar-refractivity contribution in [1.29, 1.82) is 0 Å². The maximum absolute atomic E-state index is 12.5. The summed E-state index contributed by atoms with van der Waals surface area (Å²) in [6.07, 6.45) is 0. The molecule has 26 heavy (non-hydrogen) atoms. The van der Waals surface area contributed by atoms with Crippen LogP contribution in [0.25, 0.3) is 11.3 Å². The van der Waals surface area contributed by atoms with Crippen LogP contribution in [0.5, 0.6) is 11.5 Å². The Morgan fingerprint density at radius 1 is 1.00 bits per heavy atom. The molecular formula is C20H20N2O4. The number of nitrogens with one attached hydrogen (secondary N) is 1. The molecule has 0 fully saturated rings. The maximum atomic E-state index is 12.5. The second kappa shape index (κ2) is 7.31. The summed E-state index contributed by atoms with van der Waals surface area (Å²) in [6, 6.07) is 12.8. The number of carbonyl (C=O) groups is 1. The molecule has 0 aliphatic carbocycles. The van der Waals surface area contributed by atoms with Crippen LogP contribution in [-0.2, 0) is 0 Å². The number of benzene rings is 2. The average Bonchev–Trinajstić information content (AvgIpc) is 3.14. The summed E-state index contributed by atoms with van der Waals surface area (Å²) in [5.41, 5.74) is 3.70. The third kappa shape index (κ3) is 3.39. The first-order valence-corrected chi connectivity index (χ1v) is 8.10. The number of hydrogen-bond acceptors (Lipinski definition) is 5. The second-order valence-corrected chi connectivity index (χ2v) is 5.87. The van der Waals surface area contributed by atoms with E-state index in [4.69, 9.17) is 14.0 Å². The molecule has 0 radical (unpaired) electrons. The third-order valence-corrected chi connectivity index (χ3v) is 4.13. The van der Waals surface area contributed by atoms with Gasteiger partial charge in [0.15, 0.2) is 23.0 Å². The van der Waals surface area contributed by atoms with Crippen molar-refractivity contribution < 1.29 is 18.8 Å². The molecule has 0 saturated heterocycles. The number of amides is 1. The lowest BCUT2D eigenvalue weighted by molar-refractivity contribution is 0.101. The number of nitrogens with zero attached hydrogens (tertiary/aromatic N) is 1. The summed E-state index contributed by atoms with van der Waals surface area (Å²) in [5.74, 6) is 1.34. The molecule has 6 heteroatoms. The van der Waals surface area contributed by atoms with E-state index in [-0.39, 0.29) is 11.6 Å². The van der Waals surface area contributed by atoms with Crippen molar-refractivity contribution in [2.24, 2.45) is 0 Å². The van der Waals surface area contributed by atoms with Gasteiger partial charge in [0, 0.05) is 17.3 Å². The smallest absolute Gasteiger partial charge is 0.277 e. The number of carbonyl (C=O) groups excluding carboxylic acids is 1. The molecular weight excluding hydrogens is 332 g/mol. The number of hydrogen-bond donors (Lipinski definition) is 1. The fourth-order valence-electron chi connectivity index (χ4n) is 2.70. The topological polar surface area (TPSA) is 73.6 Å². The van der Waals surface area contributed by atoms with Gasteiger partial charge in [-0.3, -0.25) is 4.79 Å². The number of aryl methyl sites for hydroxylation is 2. The number of ether oxygens (including phenoxy) is 2. The van der Waals surface area contributed by atoms with Crippen molar-refractivity contribution in [3.63, 3.8) is 0 Å². The summed E-state index contributed by atoms with van der Waals surface area (Å²) >= 11 is 0. The van der Waals surface area contributed by atoms with Crippen LogP contribution < -0.4 is 14.8 Å². The van der Waals surface area contributed by atoms with Crippen molar-refractivity contribution in [3.05, 3.63) is 59.3 Å². The van der Waals surface area contributed by atoms with Gasteiger partial charge in [0.2, 0.25) is 0 Å². The van der Waals surface area contributed by atoms with Gasteiger partial charge in [0.25, 0.3) is 5.91 Å². The molecule has 2 aromatic carbocycles. The van der Waals surface area contributed by atoms with E-state index in [1.165, 1.54) is 0 Å². The molecule has 3 aromatic rings. The van der Waals surface area contributed by atoms with E-state index >= 15 is 0 Å². The zero-order chi connectivity index (χ0) is 18.7. The Bertz CT molecular complexity index is 926. The van der Waals surface area contributed by atoms with Crippen LogP contribution >= 0.6 is 0 Å². The Morgan fingerprint density at radius 3 is 2.35 bits per heavy atom. The SMILES string of the molecule is COc1ccc(-c2cc(C(=O)Nc3c(C)cccc3C)no2)cc1OC. The molecule has 0 spiro atoms. The molecule has 6 nitrogen and oxygen atoms in total. The number of aromatic nitrogens is 1. The van der Waals surface area contributed by atoms with Crippen molar-refractivity contribution >= 4 is 11.6 Å². The molecule has 0 bridgehead atoms. The molecule has 0 aliphatic rings. The minimum atomic E-state index is -0.321.